The molecule has 0 saturated heterocycles. The first kappa shape index (κ1) is 13.8. The van der Waals surface area contributed by atoms with Gasteiger partial charge in [0, 0.05) is 25.4 Å². The Hall–Kier alpha value is -1.59. The molecule has 100 valence electrons. The van der Waals surface area contributed by atoms with Crippen LogP contribution in [0.2, 0.25) is 0 Å². The maximum absolute atomic E-state index is 11.4. The van der Waals surface area contributed by atoms with Gasteiger partial charge in [-0.15, -0.1) is 5.92 Å². The van der Waals surface area contributed by atoms with Crippen molar-refractivity contribution in [3.63, 3.8) is 0 Å². The van der Waals surface area contributed by atoms with Crippen LogP contribution in [0.4, 0.5) is 0 Å². The molecule has 0 bridgehead atoms. The quantitative estimate of drug-likeness (QED) is 0.771. The normalized spacial score (nSPS) is 16.2. The molecule has 0 spiro atoms. The van der Waals surface area contributed by atoms with Crippen LogP contribution in [0.15, 0.2) is 30.3 Å². The zero-order valence-electron chi connectivity index (χ0n) is 11.6. The number of carbonyl (C=O) groups excluding carboxylic acids is 1. The second kappa shape index (κ2) is 7.11. The van der Waals surface area contributed by atoms with E-state index in [1.54, 1.807) is 0 Å². The van der Waals surface area contributed by atoms with E-state index in [1.165, 1.54) is 5.56 Å². The van der Waals surface area contributed by atoms with Crippen molar-refractivity contribution < 1.29 is 4.79 Å². The Kier molecular flexibility index (Phi) is 5.18. The van der Waals surface area contributed by atoms with Crippen molar-refractivity contribution in [2.75, 3.05) is 6.54 Å². The highest BCUT2D eigenvalue weighted by Gasteiger charge is 2.23. The molecule has 1 aromatic rings. The average molecular weight is 255 g/mol. The fourth-order valence-electron chi connectivity index (χ4n) is 2.60. The molecule has 2 rings (SSSR count). The molecule has 2 nitrogen and oxygen atoms in total. The number of benzene rings is 1. The lowest BCUT2D eigenvalue weighted by Crippen LogP contribution is -2.38. The summed E-state index contributed by atoms with van der Waals surface area (Å²) in [7, 11) is 0. The highest BCUT2D eigenvalue weighted by Crippen LogP contribution is 2.22. The van der Waals surface area contributed by atoms with Gasteiger partial charge in [0.2, 0.25) is 0 Å². The summed E-state index contributed by atoms with van der Waals surface area (Å²) in [4.78, 5) is 13.8. The molecule has 1 fully saturated rings. The predicted molar refractivity (Wildman–Crippen MR) is 77.6 cm³/mol. The molecule has 0 atom stereocenters. The van der Waals surface area contributed by atoms with Crippen molar-refractivity contribution >= 4 is 5.78 Å². The molecular formula is C17H21NO. The van der Waals surface area contributed by atoms with Crippen molar-refractivity contribution in [3.8, 4) is 11.8 Å². The second-order valence-corrected chi connectivity index (χ2v) is 5.09. The fraction of sp³-hybridized carbons (Fsp3) is 0.471. The van der Waals surface area contributed by atoms with Crippen LogP contribution in [0.5, 0.6) is 0 Å². The highest BCUT2D eigenvalue weighted by atomic mass is 16.1. The van der Waals surface area contributed by atoms with Gasteiger partial charge in [-0.1, -0.05) is 36.3 Å². The van der Waals surface area contributed by atoms with Crippen LogP contribution in [0.1, 0.15) is 38.2 Å². The molecule has 0 aliphatic heterocycles. The lowest BCUT2D eigenvalue weighted by molar-refractivity contribution is -0.121. The molecule has 0 N–H and O–H groups in total. The van der Waals surface area contributed by atoms with Crippen molar-refractivity contribution in [2.45, 2.75) is 45.2 Å². The SMILES string of the molecule is CC#CCN(Cc1ccccc1)C1CCC(=O)CC1. The maximum atomic E-state index is 11.4. The van der Waals surface area contributed by atoms with Crippen molar-refractivity contribution in [1.82, 2.24) is 4.90 Å². The molecule has 0 heterocycles. The third-order valence-corrected chi connectivity index (χ3v) is 3.72. The van der Waals surface area contributed by atoms with Gasteiger partial charge in [-0.3, -0.25) is 9.69 Å². The van der Waals surface area contributed by atoms with E-state index in [4.69, 9.17) is 0 Å². The summed E-state index contributed by atoms with van der Waals surface area (Å²) in [6.07, 6.45) is 3.43. The molecule has 1 saturated carbocycles. The Morgan fingerprint density at radius 2 is 1.89 bits per heavy atom. The number of ketones is 1. The van der Waals surface area contributed by atoms with Gasteiger partial charge in [0.05, 0.1) is 6.54 Å². The first-order valence-electron chi connectivity index (χ1n) is 6.99. The Morgan fingerprint density at radius 3 is 2.53 bits per heavy atom. The standard InChI is InChI=1S/C17H21NO/c1-2-3-13-18(14-15-7-5-4-6-8-15)16-9-11-17(19)12-10-16/h4-8,16H,9-14H2,1H3. The summed E-state index contributed by atoms with van der Waals surface area (Å²) in [6.45, 7) is 3.60. The second-order valence-electron chi connectivity index (χ2n) is 5.09. The van der Waals surface area contributed by atoms with Gasteiger partial charge in [0.15, 0.2) is 0 Å². The number of hydrogen-bond acceptors (Lipinski definition) is 2. The van der Waals surface area contributed by atoms with Gasteiger partial charge < -0.3 is 0 Å². The lowest BCUT2D eigenvalue weighted by Gasteiger charge is -2.32. The molecule has 0 radical (unpaired) electrons. The lowest BCUT2D eigenvalue weighted by atomic mass is 9.93. The first-order valence-corrected chi connectivity index (χ1v) is 6.99. The van der Waals surface area contributed by atoms with Crippen LogP contribution in [-0.2, 0) is 11.3 Å². The molecule has 2 heteroatoms. The van der Waals surface area contributed by atoms with E-state index >= 15 is 0 Å². The molecule has 0 amide bonds. The third kappa shape index (κ3) is 4.22. The summed E-state index contributed by atoms with van der Waals surface area (Å²) in [5, 5.41) is 0. The summed E-state index contributed by atoms with van der Waals surface area (Å²) in [6, 6.07) is 11.0. The number of nitrogens with zero attached hydrogens (tertiary/aromatic N) is 1. The van der Waals surface area contributed by atoms with Crippen LogP contribution in [0.3, 0.4) is 0 Å². The van der Waals surface area contributed by atoms with Gasteiger partial charge in [0.25, 0.3) is 0 Å². The number of Topliss-reactive ketones (excluding diaryl/α,β-unsaturated/α-hetero) is 1. The van der Waals surface area contributed by atoms with Gasteiger partial charge >= 0.3 is 0 Å². The minimum atomic E-state index is 0.414. The molecule has 1 aliphatic rings. The number of carbonyl (C=O) groups is 1. The molecule has 1 aliphatic carbocycles. The van der Waals surface area contributed by atoms with Crippen molar-refractivity contribution in [1.29, 1.82) is 0 Å². The molecule has 19 heavy (non-hydrogen) atoms. The Bertz CT molecular complexity index is 459. The average Bonchev–Trinajstić information content (AvgIpc) is 2.45. The summed E-state index contributed by atoms with van der Waals surface area (Å²) in [5.74, 6) is 6.56. The fourth-order valence-corrected chi connectivity index (χ4v) is 2.60. The van der Waals surface area contributed by atoms with Crippen LogP contribution in [0.25, 0.3) is 0 Å². The van der Waals surface area contributed by atoms with E-state index in [0.717, 1.165) is 38.8 Å². The van der Waals surface area contributed by atoms with Crippen molar-refractivity contribution in [2.24, 2.45) is 0 Å². The highest BCUT2D eigenvalue weighted by molar-refractivity contribution is 5.79. The Balaban J connectivity index is 2.02. The topological polar surface area (TPSA) is 20.3 Å². The third-order valence-electron chi connectivity index (χ3n) is 3.72. The summed E-state index contributed by atoms with van der Waals surface area (Å²) < 4.78 is 0. The monoisotopic (exact) mass is 255 g/mol. The molecular weight excluding hydrogens is 234 g/mol. The Labute approximate surface area is 115 Å². The van der Waals surface area contributed by atoms with Crippen LogP contribution < -0.4 is 0 Å². The van der Waals surface area contributed by atoms with E-state index in [9.17, 15) is 4.79 Å². The van der Waals surface area contributed by atoms with Gasteiger partial charge in [0.1, 0.15) is 5.78 Å². The van der Waals surface area contributed by atoms with E-state index in [-0.39, 0.29) is 0 Å². The van der Waals surface area contributed by atoms with E-state index in [0.29, 0.717) is 11.8 Å². The molecule has 0 unspecified atom stereocenters. The van der Waals surface area contributed by atoms with Gasteiger partial charge in [-0.05, 0) is 25.3 Å². The zero-order valence-corrected chi connectivity index (χ0v) is 11.6. The predicted octanol–water partition coefficient (Wildman–Crippen LogP) is 3.02. The number of hydrogen-bond donors (Lipinski definition) is 0. The van der Waals surface area contributed by atoms with Crippen LogP contribution in [-0.4, -0.2) is 23.3 Å². The molecule has 1 aromatic carbocycles. The minimum Gasteiger partial charge on any atom is -0.300 e. The van der Waals surface area contributed by atoms with Crippen LogP contribution >= 0.6 is 0 Å². The van der Waals surface area contributed by atoms with Crippen molar-refractivity contribution in [3.05, 3.63) is 35.9 Å². The van der Waals surface area contributed by atoms with E-state index < -0.39 is 0 Å². The summed E-state index contributed by atoms with van der Waals surface area (Å²) in [5.41, 5.74) is 1.32. The van der Waals surface area contributed by atoms with E-state index in [1.807, 2.05) is 13.0 Å². The largest absolute Gasteiger partial charge is 0.300 e. The van der Waals surface area contributed by atoms with E-state index in [2.05, 4.69) is 41.0 Å². The summed E-state index contributed by atoms with van der Waals surface area (Å²) >= 11 is 0. The zero-order chi connectivity index (χ0) is 13.5. The number of rotatable bonds is 4. The minimum absolute atomic E-state index is 0.414. The first-order chi connectivity index (χ1) is 9.29. The van der Waals surface area contributed by atoms with Gasteiger partial charge in [-0.2, -0.15) is 0 Å². The smallest absolute Gasteiger partial charge is 0.133 e. The molecule has 0 aromatic heterocycles. The maximum Gasteiger partial charge on any atom is 0.133 e. The van der Waals surface area contributed by atoms with Gasteiger partial charge in [-0.25, -0.2) is 0 Å². The Morgan fingerprint density at radius 1 is 1.21 bits per heavy atom. The van der Waals surface area contributed by atoms with Crippen LogP contribution in [0, 0.1) is 11.8 Å².